The lowest BCUT2D eigenvalue weighted by molar-refractivity contribution is -0.147. The molecule has 0 radical (unpaired) electrons. The van der Waals surface area contributed by atoms with Crippen LogP contribution in [0.15, 0.2) is 0 Å². The Morgan fingerprint density at radius 1 is 1.00 bits per heavy atom. The van der Waals surface area contributed by atoms with Crippen LogP contribution < -0.4 is 5.32 Å². The van der Waals surface area contributed by atoms with Crippen molar-refractivity contribution in [3.8, 4) is 0 Å². The molecule has 2 rings (SSSR count). The minimum atomic E-state index is -0.640. The van der Waals surface area contributed by atoms with E-state index in [4.69, 9.17) is 4.74 Å². The second-order valence-corrected chi connectivity index (χ2v) is 9.64. The van der Waals surface area contributed by atoms with Crippen molar-refractivity contribution < 1.29 is 9.53 Å². The summed E-state index contributed by atoms with van der Waals surface area (Å²) in [6.45, 7) is 11.0. The van der Waals surface area contributed by atoms with Crippen molar-refractivity contribution in [3.63, 3.8) is 0 Å². The zero-order valence-corrected chi connectivity index (χ0v) is 17.4. The van der Waals surface area contributed by atoms with Gasteiger partial charge in [0, 0.05) is 31.0 Å². The summed E-state index contributed by atoms with van der Waals surface area (Å²) in [5.41, 5.74) is -0.822. The Labute approximate surface area is 155 Å². The lowest BCUT2D eigenvalue weighted by Gasteiger charge is -2.49. The molecule has 0 bridgehead atoms. The third-order valence-corrected chi connectivity index (χ3v) is 5.69. The molecular weight excluding hydrogens is 312 g/mol. The van der Waals surface area contributed by atoms with E-state index < -0.39 is 5.60 Å². The molecule has 0 aromatic rings. The predicted molar refractivity (Wildman–Crippen MR) is 104 cm³/mol. The van der Waals surface area contributed by atoms with Gasteiger partial charge < -0.3 is 15.0 Å². The Hall–Kier alpha value is -0.610. The number of hydrogen-bond acceptors (Lipinski definition) is 3. The topological polar surface area (TPSA) is 41.6 Å². The highest BCUT2D eigenvalue weighted by Crippen LogP contribution is 2.44. The van der Waals surface area contributed by atoms with Crippen LogP contribution in [0.1, 0.15) is 98.8 Å². The number of amides is 1. The fourth-order valence-corrected chi connectivity index (χ4v) is 5.10. The zero-order valence-electron chi connectivity index (χ0n) is 17.4. The quantitative estimate of drug-likeness (QED) is 0.648. The summed E-state index contributed by atoms with van der Waals surface area (Å²) in [4.78, 5) is 14.9. The summed E-state index contributed by atoms with van der Waals surface area (Å²) < 4.78 is 6.47. The number of nitrogens with one attached hydrogen (secondary N) is 1. The first-order chi connectivity index (χ1) is 11.6. The van der Waals surface area contributed by atoms with Crippen LogP contribution in [0.4, 0.5) is 0 Å². The number of carbonyl (C=O) groups is 1. The van der Waals surface area contributed by atoms with Crippen molar-refractivity contribution in [2.75, 3.05) is 7.05 Å². The molecule has 146 valence electrons. The summed E-state index contributed by atoms with van der Waals surface area (Å²) in [6.07, 6.45) is 11.5. The molecule has 1 N–H and O–H groups in total. The summed E-state index contributed by atoms with van der Waals surface area (Å²) in [5.74, 6) is 0.183. The van der Waals surface area contributed by atoms with Gasteiger partial charge in [0.05, 0.1) is 0 Å². The molecule has 0 aromatic heterocycles. The fourth-order valence-electron chi connectivity index (χ4n) is 5.10. The normalized spacial score (nSPS) is 27.2. The number of nitrogens with zero attached hydrogens (tertiary/aromatic N) is 1. The van der Waals surface area contributed by atoms with Crippen molar-refractivity contribution in [3.05, 3.63) is 0 Å². The van der Waals surface area contributed by atoms with E-state index >= 15 is 0 Å². The van der Waals surface area contributed by atoms with Gasteiger partial charge in [0.15, 0.2) is 5.60 Å². The molecule has 2 heterocycles. The third-order valence-electron chi connectivity index (χ3n) is 5.69. The Morgan fingerprint density at radius 3 is 2.08 bits per heavy atom. The number of ether oxygens (including phenoxy) is 1. The second kappa shape index (κ2) is 7.96. The largest absolute Gasteiger partial charge is 0.342 e. The van der Waals surface area contributed by atoms with Gasteiger partial charge >= 0.3 is 0 Å². The molecule has 0 aliphatic carbocycles. The molecule has 4 heteroatoms. The van der Waals surface area contributed by atoms with Gasteiger partial charge in [-0.15, -0.1) is 0 Å². The monoisotopic (exact) mass is 352 g/mol. The second-order valence-electron chi connectivity index (χ2n) is 9.64. The van der Waals surface area contributed by atoms with Crippen LogP contribution >= 0.6 is 0 Å². The molecule has 1 atom stereocenters. The van der Waals surface area contributed by atoms with Crippen molar-refractivity contribution >= 4 is 5.91 Å². The maximum atomic E-state index is 13.0. The molecule has 2 aliphatic heterocycles. The van der Waals surface area contributed by atoms with E-state index in [9.17, 15) is 4.79 Å². The van der Waals surface area contributed by atoms with Gasteiger partial charge in [0.2, 0.25) is 0 Å². The first-order valence-corrected chi connectivity index (χ1v) is 10.4. The molecule has 1 unspecified atom stereocenters. The Morgan fingerprint density at radius 2 is 1.52 bits per heavy atom. The maximum absolute atomic E-state index is 13.0. The molecule has 4 nitrogen and oxygen atoms in total. The maximum Gasteiger partial charge on any atom is 0.256 e. The highest BCUT2D eigenvalue weighted by molar-refractivity contribution is 5.87. The highest BCUT2D eigenvalue weighted by Gasteiger charge is 2.58. The van der Waals surface area contributed by atoms with E-state index in [-0.39, 0.29) is 23.2 Å². The Kier molecular flexibility index (Phi) is 6.59. The molecule has 2 fully saturated rings. The minimum Gasteiger partial charge on any atom is -0.342 e. The summed E-state index contributed by atoms with van der Waals surface area (Å²) in [5, 5.41) is 3.66. The van der Waals surface area contributed by atoms with Crippen molar-refractivity contribution in [1.82, 2.24) is 10.2 Å². The first-order valence-electron chi connectivity index (χ1n) is 10.4. The number of piperidine rings is 1. The van der Waals surface area contributed by atoms with E-state index in [2.05, 4.69) is 39.9 Å². The van der Waals surface area contributed by atoms with Gasteiger partial charge in [-0.1, -0.05) is 45.4 Å². The molecule has 1 amide bonds. The number of unbranched alkanes of at least 4 members (excludes halogenated alkanes) is 6. The molecular formula is C21H40N2O2. The van der Waals surface area contributed by atoms with Crippen LogP contribution in [0.2, 0.25) is 0 Å². The van der Waals surface area contributed by atoms with Crippen LogP contribution in [-0.4, -0.2) is 40.8 Å². The summed E-state index contributed by atoms with van der Waals surface area (Å²) in [6, 6.07) is 0. The van der Waals surface area contributed by atoms with E-state index in [0.29, 0.717) is 0 Å². The van der Waals surface area contributed by atoms with Gasteiger partial charge in [0.1, 0.15) is 6.23 Å². The van der Waals surface area contributed by atoms with E-state index in [0.717, 1.165) is 25.7 Å². The zero-order chi connectivity index (χ0) is 18.7. The Balaban J connectivity index is 1.89. The van der Waals surface area contributed by atoms with E-state index in [1.807, 2.05) is 11.9 Å². The number of hydrogen-bond donors (Lipinski definition) is 1. The first kappa shape index (κ1) is 20.7. The van der Waals surface area contributed by atoms with Crippen molar-refractivity contribution in [2.24, 2.45) is 0 Å². The lowest BCUT2D eigenvalue weighted by atomic mass is 9.72. The Bertz CT molecular complexity index is 443. The van der Waals surface area contributed by atoms with Crippen molar-refractivity contribution in [1.29, 1.82) is 0 Å². The molecule has 25 heavy (non-hydrogen) atoms. The van der Waals surface area contributed by atoms with Crippen LogP contribution in [0.3, 0.4) is 0 Å². The molecule has 2 saturated heterocycles. The van der Waals surface area contributed by atoms with Crippen LogP contribution in [0.5, 0.6) is 0 Å². The standard InChI is InChI=1S/C21H40N2O2/c1-7-8-9-10-11-12-13-14-17-23(6)18(24)21(25-17)15-19(2,3)22-20(4,5)16-21/h17,22H,7-16H2,1-6H3. The number of likely N-dealkylation sites (N-methyl/N-ethyl adjacent to an activating group) is 1. The van der Waals surface area contributed by atoms with Crippen LogP contribution in [0, 0.1) is 0 Å². The third kappa shape index (κ3) is 5.19. The van der Waals surface area contributed by atoms with Gasteiger partial charge in [-0.2, -0.15) is 0 Å². The molecule has 1 spiro atoms. The van der Waals surface area contributed by atoms with E-state index in [1.165, 1.54) is 38.5 Å². The molecule has 2 aliphatic rings. The smallest absolute Gasteiger partial charge is 0.256 e. The van der Waals surface area contributed by atoms with Gasteiger partial charge in [0.25, 0.3) is 5.91 Å². The van der Waals surface area contributed by atoms with Gasteiger partial charge in [-0.05, 0) is 40.5 Å². The molecule has 0 aromatic carbocycles. The van der Waals surface area contributed by atoms with Crippen LogP contribution in [0.25, 0.3) is 0 Å². The summed E-state index contributed by atoms with van der Waals surface area (Å²) >= 11 is 0. The number of rotatable bonds is 8. The SMILES string of the molecule is CCCCCCCCCC1OC2(CC(C)(C)NC(C)(C)C2)C(=O)N1C. The minimum absolute atomic E-state index is 0.0483. The highest BCUT2D eigenvalue weighted by atomic mass is 16.5. The predicted octanol–water partition coefficient (Wildman–Crippen LogP) is 4.62. The van der Waals surface area contributed by atoms with Crippen LogP contribution in [-0.2, 0) is 9.53 Å². The average molecular weight is 353 g/mol. The summed E-state index contributed by atoms with van der Waals surface area (Å²) in [7, 11) is 1.92. The van der Waals surface area contributed by atoms with Gasteiger partial charge in [-0.25, -0.2) is 0 Å². The van der Waals surface area contributed by atoms with Crippen molar-refractivity contribution in [2.45, 2.75) is 122 Å². The average Bonchev–Trinajstić information content (AvgIpc) is 2.68. The van der Waals surface area contributed by atoms with Gasteiger partial charge in [-0.3, -0.25) is 4.79 Å². The molecule has 0 saturated carbocycles. The van der Waals surface area contributed by atoms with E-state index in [1.54, 1.807) is 0 Å². The fraction of sp³-hybridized carbons (Fsp3) is 0.952. The lowest BCUT2D eigenvalue weighted by Crippen LogP contribution is -2.65. The number of carbonyl (C=O) groups excluding carboxylic acids is 1.